The highest BCUT2D eigenvalue weighted by molar-refractivity contribution is 7.90. The fourth-order valence-electron chi connectivity index (χ4n) is 1.94. The average molecular weight is 317 g/mol. The van der Waals surface area contributed by atoms with Gasteiger partial charge in [-0.1, -0.05) is 0 Å². The van der Waals surface area contributed by atoms with E-state index in [4.69, 9.17) is 0 Å². The Labute approximate surface area is 119 Å². The number of rotatable bonds is 3. The molecule has 6 nitrogen and oxygen atoms in total. The Kier molecular flexibility index (Phi) is 3.79. The van der Waals surface area contributed by atoms with E-state index in [0.29, 0.717) is 0 Å². The van der Waals surface area contributed by atoms with Gasteiger partial charge in [-0.2, -0.15) is 4.98 Å². The van der Waals surface area contributed by atoms with E-state index in [0.717, 1.165) is 23.1 Å². The molecule has 0 aliphatic heterocycles. The predicted octanol–water partition coefficient (Wildman–Crippen LogP) is 1.71. The van der Waals surface area contributed by atoms with Crippen LogP contribution >= 0.6 is 0 Å². The van der Waals surface area contributed by atoms with Crippen molar-refractivity contribution in [2.45, 2.75) is 31.5 Å². The molecule has 2 aromatic rings. The Morgan fingerprint density at radius 3 is 2.38 bits per heavy atom. The second-order valence-electron chi connectivity index (χ2n) is 4.87. The van der Waals surface area contributed by atoms with Gasteiger partial charge in [-0.05, 0) is 19.9 Å². The maximum absolute atomic E-state index is 12.9. The molecule has 0 fully saturated rings. The quantitative estimate of drug-likeness (QED) is 0.805. The monoisotopic (exact) mass is 317 g/mol. The average Bonchev–Trinajstić information content (AvgIpc) is 2.35. The minimum Gasteiger partial charge on any atom is -0.290 e. The molecule has 0 atom stereocenters. The van der Waals surface area contributed by atoms with Crippen molar-refractivity contribution >= 4 is 20.9 Å². The lowest BCUT2D eigenvalue weighted by Gasteiger charge is -2.15. The van der Waals surface area contributed by atoms with E-state index in [1.807, 2.05) is 0 Å². The van der Waals surface area contributed by atoms with Crippen LogP contribution < -0.4 is 5.56 Å². The summed E-state index contributed by atoms with van der Waals surface area (Å²) in [6, 6.07) is 0.536. The van der Waals surface area contributed by atoms with E-state index in [1.165, 1.54) is 0 Å². The highest BCUT2D eigenvalue weighted by Crippen LogP contribution is 2.21. The molecule has 2 rings (SSSR count). The fraction of sp³-hybridized carbons (Fsp3) is 0.417. The van der Waals surface area contributed by atoms with Crippen LogP contribution in [0.4, 0.5) is 8.78 Å². The summed E-state index contributed by atoms with van der Waals surface area (Å²) in [4.78, 5) is 19.6. The molecular formula is C12H13F2N3O3S. The van der Waals surface area contributed by atoms with Crippen LogP contribution in [0, 0.1) is 0 Å². The van der Waals surface area contributed by atoms with Gasteiger partial charge in [0.15, 0.2) is 0 Å². The first-order valence-electron chi connectivity index (χ1n) is 6.03. The zero-order valence-electron chi connectivity index (χ0n) is 11.5. The number of aromatic nitrogens is 3. The highest BCUT2D eigenvalue weighted by Gasteiger charge is 2.21. The van der Waals surface area contributed by atoms with Crippen molar-refractivity contribution < 1.29 is 17.2 Å². The summed E-state index contributed by atoms with van der Waals surface area (Å²) in [6.45, 7) is 3.25. The summed E-state index contributed by atoms with van der Waals surface area (Å²) in [5.74, 6) is 0. The molecule has 2 aromatic heterocycles. The first kappa shape index (κ1) is 15.5. The maximum atomic E-state index is 12.9. The minimum atomic E-state index is -3.66. The van der Waals surface area contributed by atoms with Crippen LogP contribution in [0.3, 0.4) is 0 Å². The molecule has 0 N–H and O–H groups in total. The Morgan fingerprint density at radius 1 is 1.29 bits per heavy atom. The van der Waals surface area contributed by atoms with Crippen molar-refractivity contribution in [2.75, 3.05) is 6.26 Å². The van der Waals surface area contributed by atoms with Gasteiger partial charge in [0.05, 0.1) is 5.56 Å². The Hall–Kier alpha value is -1.90. The molecule has 2 heterocycles. The zero-order valence-corrected chi connectivity index (χ0v) is 12.4. The summed E-state index contributed by atoms with van der Waals surface area (Å²) in [7, 11) is -3.66. The smallest absolute Gasteiger partial charge is 0.269 e. The number of pyridine rings is 1. The van der Waals surface area contributed by atoms with Crippen LogP contribution in [0.15, 0.2) is 22.2 Å². The van der Waals surface area contributed by atoms with E-state index >= 15 is 0 Å². The molecule has 0 amide bonds. The fourth-order valence-corrected chi connectivity index (χ4v) is 2.44. The maximum Gasteiger partial charge on any atom is 0.269 e. The van der Waals surface area contributed by atoms with Gasteiger partial charge in [0.25, 0.3) is 12.0 Å². The molecule has 0 saturated heterocycles. The van der Waals surface area contributed by atoms with Gasteiger partial charge in [0, 0.05) is 23.9 Å². The van der Waals surface area contributed by atoms with Crippen LogP contribution in [0.1, 0.15) is 31.9 Å². The molecule has 9 heteroatoms. The van der Waals surface area contributed by atoms with E-state index in [-0.39, 0.29) is 11.0 Å². The number of nitrogens with zero attached hydrogens (tertiary/aromatic N) is 3. The first-order valence-corrected chi connectivity index (χ1v) is 7.92. The second kappa shape index (κ2) is 5.14. The van der Waals surface area contributed by atoms with Crippen molar-refractivity contribution in [2.24, 2.45) is 0 Å². The zero-order chi connectivity index (χ0) is 15.9. The lowest BCUT2D eigenvalue weighted by atomic mass is 10.2. The second-order valence-corrected chi connectivity index (χ2v) is 6.78. The molecule has 0 aromatic carbocycles. The van der Waals surface area contributed by atoms with E-state index in [1.54, 1.807) is 13.8 Å². The van der Waals surface area contributed by atoms with E-state index in [2.05, 4.69) is 9.97 Å². The topological polar surface area (TPSA) is 81.9 Å². The molecule has 0 spiro atoms. The van der Waals surface area contributed by atoms with Gasteiger partial charge in [-0.25, -0.2) is 22.2 Å². The van der Waals surface area contributed by atoms with Gasteiger partial charge in [-0.3, -0.25) is 9.36 Å². The third-order valence-corrected chi connectivity index (χ3v) is 3.72. The Bertz CT molecular complexity index is 860. The third-order valence-electron chi connectivity index (χ3n) is 2.86. The van der Waals surface area contributed by atoms with Gasteiger partial charge in [0.1, 0.15) is 5.65 Å². The molecule has 114 valence electrons. The van der Waals surface area contributed by atoms with Crippen LogP contribution in [0.25, 0.3) is 11.0 Å². The van der Waals surface area contributed by atoms with Crippen molar-refractivity contribution in [3.05, 3.63) is 28.2 Å². The van der Waals surface area contributed by atoms with Crippen molar-refractivity contribution in [1.82, 2.24) is 14.5 Å². The number of hydrogen-bond acceptors (Lipinski definition) is 5. The minimum absolute atomic E-state index is 0.0230. The molecular weight excluding hydrogens is 304 g/mol. The molecule has 0 radical (unpaired) electrons. The molecule has 0 unspecified atom stereocenters. The number of hydrogen-bond donors (Lipinski definition) is 0. The predicted molar refractivity (Wildman–Crippen MR) is 72.2 cm³/mol. The number of alkyl halides is 2. The SMILES string of the molecule is CC(C)n1c(=O)c(C(F)F)cc2cnc(S(C)(=O)=O)nc21. The third kappa shape index (κ3) is 2.78. The molecule has 0 aliphatic rings. The van der Waals surface area contributed by atoms with Gasteiger partial charge < -0.3 is 0 Å². The van der Waals surface area contributed by atoms with Crippen LogP contribution in [-0.4, -0.2) is 29.2 Å². The van der Waals surface area contributed by atoms with E-state index in [9.17, 15) is 22.0 Å². The summed E-state index contributed by atoms with van der Waals surface area (Å²) >= 11 is 0. The van der Waals surface area contributed by atoms with Gasteiger partial charge in [0.2, 0.25) is 15.0 Å². The molecule has 0 aliphatic carbocycles. The summed E-state index contributed by atoms with van der Waals surface area (Å²) in [5.41, 5.74) is -1.52. The van der Waals surface area contributed by atoms with Crippen molar-refractivity contribution in [3.8, 4) is 0 Å². The molecule has 21 heavy (non-hydrogen) atoms. The summed E-state index contributed by atoms with van der Waals surface area (Å²) < 4.78 is 49.9. The molecule has 0 bridgehead atoms. The lowest BCUT2D eigenvalue weighted by molar-refractivity contribution is 0.149. The van der Waals surface area contributed by atoms with Crippen molar-refractivity contribution in [1.29, 1.82) is 0 Å². The van der Waals surface area contributed by atoms with Gasteiger partial charge in [-0.15, -0.1) is 0 Å². The first-order chi connectivity index (χ1) is 9.62. The standard InChI is InChI=1S/C12H13F2N3O3S/c1-6(2)17-10-7(4-8(9(13)14)11(17)18)5-15-12(16-10)21(3,19)20/h4-6,9H,1-3H3. The Balaban J connectivity index is 2.95. The number of halogens is 2. The van der Waals surface area contributed by atoms with Gasteiger partial charge >= 0.3 is 0 Å². The Morgan fingerprint density at radius 2 is 1.90 bits per heavy atom. The van der Waals surface area contributed by atoms with Crippen LogP contribution in [0.5, 0.6) is 0 Å². The van der Waals surface area contributed by atoms with E-state index < -0.39 is 38.6 Å². The largest absolute Gasteiger partial charge is 0.290 e. The van der Waals surface area contributed by atoms with Crippen molar-refractivity contribution in [3.63, 3.8) is 0 Å². The number of fused-ring (bicyclic) bond motifs is 1. The summed E-state index contributed by atoms with van der Waals surface area (Å²) in [6.07, 6.45) is -0.871. The summed E-state index contributed by atoms with van der Waals surface area (Å²) in [5, 5.41) is -0.264. The normalized spacial score (nSPS) is 12.5. The van der Waals surface area contributed by atoms with Crippen LogP contribution in [0.2, 0.25) is 0 Å². The van der Waals surface area contributed by atoms with Crippen LogP contribution in [-0.2, 0) is 9.84 Å². The molecule has 0 saturated carbocycles. The highest BCUT2D eigenvalue weighted by atomic mass is 32.2. The lowest BCUT2D eigenvalue weighted by Crippen LogP contribution is -2.27. The number of sulfone groups is 1.